The Balaban J connectivity index is 1.99. The van der Waals surface area contributed by atoms with Gasteiger partial charge in [0.25, 0.3) is 5.91 Å². The Morgan fingerprint density at radius 1 is 1.15 bits per heavy atom. The second kappa shape index (κ2) is 7.35. The summed E-state index contributed by atoms with van der Waals surface area (Å²) in [4.78, 5) is 16.9. The fraction of sp³-hybridized carbons (Fsp3) is 0.111. The minimum Gasteiger partial charge on any atom is -0.319 e. The SMILES string of the molecule is CS(=O)(=O)c1ccccc1C(=O)N=c1sccn1Cc1ccccc1F. The van der Waals surface area contributed by atoms with Crippen LogP contribution < -0.4 is 4.80 Å². The molecule has 1 aromatic heterocycles. The van der Waals surface area contributed by atoms with E-state index in [1.807, 2.05) is 0 Å². The van der Waals surface area contributed by atoms with E-state index < -0.39 is 15.7 Å². The molecule has 0 aliphatic heterocycles. The molecular weight excluding hydrogens is 375 g/mol. The number of benzene rings is 2. The predicted octanol–water partition coefficient (Wildman–Crippen LogP) is 2.88. The van der Waals surface area contributed by atoms with Crippen LogP contribution in [0, 0.1) is 5.82 Å². The number of thiazole rings is 1. The van der Waals surface area contributed by atoms with Gasteiger partial charge in [-0.1, -0.05) is 30.3 Å². The lowest BCUT2D eigenvalue weighted by Gasteiger charge is -2.05. The lowest BCUT2D eigenvalue weighted by molar-refractivity contribution is 0.0994. The molecule has 0 saturated heterocycles. The van der Waals surface area contributed by atoms with Gasteiger partial charge in [-0.15, -0.1) is 11.3 Å². The number of amides is 1. The number of hydrogen-bond donors (Lipinski definition) is 0. The molecule has 2 aromatic carbocycles. The second-order valence-corrected chi connectivity index (χ2v) is 8.45. The van der Waals surface area contributed by atoms with Crippen molar-refractivity contribution in [1.82, 2.24) is 4.57 Å². The molecule has 1 heterocycles. The molecule has 0 atom stereocenters. The lowest BCUT2D eigenvalue weighted by Crippen LogP contribution is -2.18. The summed E-state index contributed by atoms with van der Waals surface area (Å²) >= 11 is 1.21. The summed E-state index contributed by atoms with van der Waals surface area (Å²) < 4.78 is 39.2. The minimum absolute atomic E-state index is 0.0147. The van der Waals surface area contributed by atoms with E-state index in [1.165, 1.54) is 29.5 Å². The van der Waals surface area contributed by atoms with Crippen molar-refractivity contribution in [2.45, 2.75) is 11.4 Å². The Morgan fingerprint density at radius 3 is 2.58 bits per heavy atom. The van der Waals surface area contributed by atoms with Gasteiger partial charge in [0.1, 0.15) is 5.82 Å². The molecule has 8 heteroatoms. The van der Waals surface area contributed by atoms with Crippen molar-refractivity contribution in [1.29, 1.82) is 0 Å². The third-order valence-corrected chi connectivity index (χ3v) is 5.62. The molecule has 0 spiro atoms. The third kappa shape index (κ3) is 3.97. The standard InChI is InChI=1S/C18H15FN2O3S2/c1-26(23,24)16-9-5-3-7-14(16)17(22)20-18-21(10-11-25-18)12-13-6-2-4-8-15(13)19/h2-11H,12H2,1H3. The van der Waals surface area contributed by atoms with Crippen LogP contribution in [0.15, 0.2) is 70.0 Å². The molecule has 0 unspecified atom stereocenters. The van der Waals surface area contributed by atoms with Crippen molar-refractivity contribution >= 4 is 27.1 Å². The van der Waals surface area contributed by atoms with Crippen molar-refractivity contribution in [3.05, 3.63) is 81.9 Å². The largest absolute Gasteiger partial charge is 0.319 e. The van der Waals surface area contributed by atoms with Crippen LogP contribution in [0.25, 0.3) is 0 Å². The van der Waals surface area contributed by atoms with E-state index in [9.17, 15) is 17.6 Å². The molecule has 0 fully saturated rings. The van der Waals surface area contributed by atoms with Gasteiger partial charge in [0.05, 0.1) is 17.0 Å². The Hall–Kier alpha value is -2.58. The summed E-state index contributed by atoms with van der Waals surface area (Å²) in [5.41, 5.74) is 0.483. The van der Waals surface area contributed by atoms with Crippen molar-refractivity contribution in [2.24, 2.45) is 4.99 Å². The van der Waals surface area contributed by atoms with Gasteiger partial charge in [-0.05, 0) is 18.2 Å². The van der Waals surface area contributed by atoms with Gasteiger partial charge in [-0.2, -0.15) is 4.99 Å². The highest BCUT2D eigenvalue weighted by Crippen LogP contribution is 2.16. The van der Waals surface area contributed by atoms with Gasteiger partial charge in [0.15, 0.2) is 14.6 Å². The monoisotopic (exact) mass is 390 g/mol. The maximum absolute atomic E-state index is 13.9. The first kappa shape index (κ1) is 18.2. The quantitative estimate of drug-likeness (QED) is 0.688. The number of halogens is 1. The van der Waals surface area contributed by atoms with E-state index in [4.69, 9.17) is 0 Å². The van der Waals surface area contributed by atoms with E-state index in [0.717, 1.165) is 6.26 Å². The molecule has 3 rings (SSSR count). The molecule has 0 aliphatic rings. The first-order valence-corrected chi connectivity index (χ1v) is 10.4. The summed E-state index contributed by atoms with van der Waals surface area (Å²) in [6.45, 7) is 0.218. The number of aromatic nitrogens is 1. The molecule has 134 valence electrons. The predicted molar refractivity (Wildman–Crippen MR) is 97.3 cm³/mol. The van der Waals surface area contributed by atoms with Crippen molar-refractivity contribution in [3.63, 3.8) is 0 Å². The Labute approximate surface area is 154 Å². The number of sulfone groups is 1. The smallest absolute Gasteiger partial charge is 0.280 e. The number of hydrogen-bond acceptors (Lipinski definition) is 4. The van der Waals surface area contributed by atoms with E-state index in [0.29, 0.717) is 10.4 Å². The average Bonchev–Trinajstić information content (AvgIpc) is 3.03. The normalized spacial score (nSPS) is 12.3. The number of carbonyl (C=O) groups is 1. The van der Waals surface area contributed by atoms with Crippen LogP contribution in [-0.4, -0.2) is 25.1 Å². The summed E-state index contributed by atoms with van der Waals surface area (Å²) in [5.74, 6) is -0.998. The number of carbonyl (C=O) groups excluding carboxylic acids is 1. The van der Waals surface area contributed by atoms with Gasteiger partial charge in [0.2, 0.25) is 0 Å². The molecule has 5 nitrogen and oxygen atoms in total. The van der Waals surface area contributed by atoms with Gasteiger partial charge in [0, 0.05) is 23.4 Å². The van der Waals surface area contributed by atoms with E-state index in [1.54, 1.807) is 46.5 Å². The second-order valence-electron chi connectivity index (χ2n) is 5.59. The van der Waals surface area contributed by atoms with Gasteiger partial charge < -0.3 is 4.57 Å². The molecule has 3 aromatic rings. The molecular formula is C18H15FN2O3S2. The fourth-order valence-electron chi connectivity index (χ4n) is 2.43. The maximum Gasteiger partial charge on any atom is 0.280 e. The van der Waals surface area contributed by atoms with Gasteiger partial charge >= 0.3 is 0 Å². The highest BCUT2D eigenvalue weighted by Gasteiger charge is 2.18. The zero-order chi connectivity index (χ0) is 18.7. The lowest BCUT2D eigenvalue weighted by atomic mass is 10.2. The van der Waals surface area contributed by atoms with Gasteiger partial charge in [-0.25, -0.2) is 12.8 Å². The van der Waals surface area contributed by atoms with Crippen LogP contribution in [0.2, 0.25) is 0 Å². The Kier molecular flexibility index (Phi) is 5.15. The van der Waals surface area contributed by atoms with Crippen molar-refractivity contribution in [3.8, 4) is 0 Å². The topological polar surface area (TPSA) is 68.5 Å². The van der Waals surface area contributed by atoms with Crippen molar-refractivity contribution in [2.75, 3.05) is 6.26 Å². The first-order chi connectivity index (χ1) is 12.4. The van der Waals surface area contributed by atoms with Crippen LogP contribution >= 0.6 is 11.3 Å². The Morgan fingerprint density at radius 2 is 1.85 bits per heavy atom. The molecule has 26 heavy (non-hydrogen) atoms. The molecule has 0 aliphatic carbocycles. The third-order valence-electron chi connectivity index (χ3n) is 3.67. The molecule has 0 N–H and O–H groups in total. The van der Waals surface area contributed by atoms with Gasteiger partial charge in [-0.3, -0.25) is 4.79 Å². The molecule has 0 bridgehead atoms. The summed E-state index contributed by atoms with van der Waals surface area (Å²) in [7, 11) is -3.56. The fourth-order valence-corrected chi connectivity index (χ4v) is 4.04. The zero-order valence-electron chi connectivity index (χ0n) is 13.8. The summed E-state index contributed by atoms with van der Waals surface area (Å²) in [6.07, 6.45) is 2.74. The zero-order valence-corrected chi connectivity index (χ0v) is 15.4. The number of rotatable bonds is 4. The highest BCUT2D eigenvalue weighted by atomic mass is 32.2. The highest BCUT2D eigenvalue weighted by molar-refractivity contribution is 7.90. The van der Waals surface area contributed by atoms with Crippen LogP contribution in [0.5, 0.6) is 0 Å². The molecule has 0 radical (unpaired) electrons. The van der Waals surface area contributed by atoms with Crippen LogP contribution in [0.3, 0.4) is 0 Å². The van der Waals surface area contributed by atoms with Crippen LogP contribution in [0.4, 0.5) is 4.39 Å². The Bertz CT molecular complexity index is 1130. The van der Waals surface area contributed by atoms with E-state index in [-0.39, 0.29) is 22.8 Å². The van der Waals surface area contributed by atoms with E-state index >= 15 is 0 Å². The minimum atomic E-state index is -3.56. The van der Waals surface area contributed by atoms with Crippen LogP contribution in [-0.2, 0) is 16.4 Å². The average molecular weight is 390 g/mol. The summed E-state index contributed by atoms with van der Waals surface area (Å²) in [5, 5.41) is 1.73. The molecule has 0 saturated carbocycles. The van der Waals surface area contributed by atoms with E-state index in [2.05, 4.69) is 4.99 Å². The summed E-state index contributed by atoms with van der Waals surface area (Å²) in [6, 6.07) is 12.3. The number of nitrogens with zero attached hydrogens (tertiary/aromatic N) is 2. The first-order valence-electron chi connectivity index (χ1n) is 7.62. The molecule has 1 amide bonds. The van der Waals surface area contributed by atoms with Crippen LogP contribution in [0.1, 0.15) is 15.9 Å². The van der Waals surface area contributed by atoms with Crippen molar-refractivity contribution < 1.29 is 17.6 Å². The maximum atomic E-state index is 13.9.